The van der Waals surface area contributed by atoms with Crippen LogP contribution < -0.4 is 9.47 Å². The van der Waals surface area contributed by atoms with Crippen molar-refractivity contribution in [3.05, 3.63) is 36.5 Å². The molecule has 0 radical (unpaired) electrons. The molecule has 1 aromatic heterocycles. The highest BCUT2D eigenvalue weighted by Gasteiger charge is 2.28. The van der Waals surface area contributed by atoms with Crippen molar-refractivity contribution >= 4 is 10.8 Å². The predicted octanol–water partition coefficient (Wildman–Crippen LogP) is 3.61. The quantitative estimate of drug-likeness (QED) is 0.609. The number of fused-ring (bicyclic) bond motifs is 3. The Bertz CT molecular complexity index is 887. The van der Waals surface area contributed by atoms with Gasteiger partial charge in [-0.25, -0.2) is 0 Å². The van der Waals surface area contributed by atoms with Gasteiger partial charge in [0.05, 0.1) is 19.9 Å². The molecule has 1 aliphatic carbocycles. The first kappa shape index (κ1) is 12.0. The third-order valence-corrected chi connectivity index (χ3v) is 3.92. The summed E-state index contributed by atoms with van der Waals surface area (Å²) in [5.74, 6) is 1.57. The summed E-state index contributed by atoms with van der Waals surface area (Å²) in [6, 6.07) is 9.21. The summed E-state index contributed by atoms with van der Waals surface area (Å²) >= 11 is 0. The normalized spacial score (nSPS) is 11.5. The molecule has 104 valence electrons. The van der Waals surface area contributed by atoms with E-state index in [1.807, 2.05) is 18.2 Å². The van der Waals surface area contributed by atoms with Crippen LogP contribution in [0.1, 0.15) is 0 Å². The molecule has 21 heavy (non-hydrogen) atoms. The number of benzene rings is 2. The minimum atomic E-state index is 0.222. The van der Waals surface area contributed by atoms with E-state index in [2.05, 4.69) is 4.98 Å². The molecular weight excluding hydrogens is 266 g/mol. The van der Waals surface area contributed by atoms with Gasteiger partial charge in [0, 0.05) is 22.7 Å². The standard InChI is InChI=1S/C17H13NO3/c1-20-13-7-9-5-6-18-16-11-4-3-10(19)8-12(11)15(14(9)16)17(13)21-2/h3-8,19H,1-2H3. The summed E-state index contributed by atoms with van der Waals surface area (Å²) in [4.78, 5) is 4.50. The molecule has 1 aliphatic rings. The molecule has 0 fully saturated rings. The second-order valence-electron chi connectivity index (χ2n) is 4.97. The molecule has 4 heteroatoms. The lowest BCUT2D eigenvalue weighted by atomic mass is 10.0. The van der Waals surface area contributed by atoms with E-state index in [1.54, 1.807) is 32.5 Å². The second kappa shape index (κ2) is 4.12. The molecule has 0 spiro atoms. The lowest BCUT2D eigenvalue weighted by molar-refractivity contribution is 0.357. The average Bonchev–Trinajstić information content (AvgIpc) is 2.83. The molecule has 0 unspecified atom stereocenters. The Hall–Kier alpha value is -2.75. The van der Waals surface area contributed by atoms with Gasteiger partial charge in [0.25, 0.3) is 0 Å². The number of nitrogens with zero attached hydrogens (tertiary/aromatic N) is 1. The van der Waals surface area contributed by atoms with Crippen molar-refractivity contribution in [2.24, 2.45) is 0 Å². The maximum atomic E-state index is 9.83. The third kappa shape index (κ3) is 1.47. The zero-order valence-electron chi connectivity index (χ0n) is 11.7. The molecule has 0 bridgehead atoms. The van der Waals surface area contributed by atoms with Crippen molar-refractivity contribution in [1.82, 2.24) is 4.98 Å². The van der Waals surface area contributed by atoms with E-state index in [4.69, 9.17) is 9.47 Å². The molecule has 0 saturated carbocycles. The van der Waals surface area contributed by atoms with E-state index in [0.717, 1.165) is 33.2 Å². The smallest absolute Gasteiger partial charge is 0.169 e. The summed E-state index contributed by atoms with van der Waals surface area (Å²) in [6.45, 7) is 0. The minimum Gasteiger partial charge on any atom is -0.508 e. The molecular formula is C17H13NO3. The fourth-order valence-electron chi connectivity index (χ4n) is 3.06. The third-order valence-electron chi connectivity index (χ3n) is 3.92. The average molecular weight is 279 g/mol. The zero-order valence-corrected chi connectivity index (χ0v) is 11.7. The van der Waals surface area contributed by atoms with Gasteiger partial charge < -0.3 is 14.6 Å². The predicted molar refractivity (Wildman–Crippen MR) is 80.9 cm³/mol. The van der Waals surface area contributed by atoms with Crippen molar-refractivity contribution in [2.45, 2.75) is 0 Å². The topological polar surface area (TPSA) is 51.6 Å². The van der Waals surface area contributed by atoms with Gasteiger partial charge in [-0.2, -0.15) is 0 Å². The molecule has 3 aromatic rings. The first-order valence-electron chi connectivity index (χ1n) is 6.62. The van der Waals surface area contributed by atoms with Crippen molar-refractivity contribution in [3.8, 4) is 39.6 Å². The highest BCUT2D eigenvalue weighted by molar-refractivity contribution is 6.16. The van der Waals surface area contributed by atoms with Gasteiger partial charge in [0.2, 0.25) is 0 Å². The molecule has 0 atom stereocenters. The number of phenols is 1. The van der Waals surface area contributed by atoms with E-state index in [9.17, 15) is 5.11 Å². The number of hydrogen-bond donors (Lipinski definition) is 1. The van der Waals surface area contributed by atoms with E-state index < -0.39 is 0 Å². The monoisotopic (exact) mass is 279 g/mol. The SMILES string of the molecule is COc1cc2ccnc3c2c(c1OC)-c1cc(O)ccc1-3. The Morgan fingerprint density at radius 1 is 1.00 bits per heavy atom. The first-order chi connectivity index (χ1) is 10.2. The van der Waals surface area contributed by atoms with Gasteiger partial charge >= 0.3 is 0 Å². The molecule has 2 aromatic carbocycles. The van der Waals surface area contributed by atoms with Crippen molar-refractivity contribution in [2.75, 3.05) is 14.2 Å². The summed E-state index contributed by atoms with van der Waals surface area (Å²) in [5, 5.41) is 11.9. The highest BCUT2D eigenvalue weighted by atomic mass is 16.5. The molecule has 0 saturated heterocycles. The van der Waals surface area contributed by atoms with Crippen molar-refractivity contribution in [1.29, 1.82) is 0 Å². The molecule has 4 rings (SSSR count). The van der Waals surface area contributed by atoms with Crippen LogP contribution in [-0.4, -0.2) is 24.3 Å². The van der Waals surface area contributed by atoms with Crippen molar-refractivity contribution < 1.29 is 14.6 Å². The number of rotatable bonds is 2. The van der Waals surface area contributed by atoms with E-state index in [0.29, 0.717) is 11.5 Å². The highest BCUT2D eigenvalue weighted by Crippen LogP contribution is 2.53. The van der Waals surface area contributed by atoms with E-state index >= 15 is 0 Å². The number of aromatic hydroxyl groups is 1. The Kier molecular flexibility index (Phi) is 2.36. The molecule has 0 aliphatic heterocycles. The maximum absolute atomic E-state index is 9.83. The maximum Gasteiger partial charge on any atom is 0.169 e. The van der Waals surface area contributed by atoms with Crippen LogP contribution >= 0.6 is 0 Å². The molecule has 0 amide bonds. The first-order valence-corrected chi connectivity index (χ1v) is 6.62. The number of hydrogen-bond acceptors (Lipinski definition) is 4. The van der Waals surface area contributed by atoms with Crippen LogP contribution in [0.25, 0.3) is 33.2 Å². The number of methoxy groups -OCH3 is 2. The number of pyridine rings is 1. The minimum absolute atomic E-state index is 0.222. The van der Waals surface area contributed by atoms with Gasteiger partial charge in [-0.3, -0.25) is 4.98 Å². The summed E-state index contributed by atoms with van der Waals surface area (Å²) in [5.41, 5.74) is 3.77. The molecule has 4 nitrogen and oxygen atoms in total. The summed E-state index contributed by atoms with van der Waals surface area (Å²) in [6.07, 6.45) is 1.79. The van der Waals surface area contributed by atoms with Gasteiger partial charge in [0.1, 0.15) is 5.75 Å². The summed E-state index contributed by atoms with van der Waals surface area (Å²) in [7, 11) is 3.24. The largest absolute Gasteiger partial charge is 0.508 e. The lowest BCUT2D eigenvalue weighted by Crippen LogP contribution is -1.93. The van der Waals surface area contributed by atoms with E-state index in [1.165, 1.54) is 0 Å². The number of aromatic nitrogens is 1. The zero-order chi connectivity index (χ0) is 14.6. The molecule has 1 N–H and O–H groups in total. The second-order valence-corrected chi connectivity index (χ2v) is 4.97. The van der Waals surface area contributed by atoms with E-state index in [-0.39, 0.29) is 5.75 Å². The Balaban J connectivity index is 2.24. The van der Waals surface area contributed by atoms with Gasteiger partial charge in [-0.05, 0) is 41.3 Å². The number of ether oxygens (including phenoxy) is 2. The van der Waals surface area contributed by atoms with Crippen LogP contribution in [-0.2, 0) is 0 Å². The fraction of sp³-hybridized carbons (Fsp3) is 0.118. The molecule has 1 heterocycles. The summed E-state index contributed by atoms with van der Waals surface area (Å²) < 4.78 is 11.0. The van der Waals surface area contributed by atoms with Gasteiger partial charge in [-0.1, -0.05) is 0 Å². The van der Waals surface area contributed by atoms with Gasteiger partial charge in [-0.15, -0.1) is 0 Å². The van der Waals surface area contributed by atoms with Crippen LogP contribution in [0.15, 0.2) is 36.5 Å². The van der Waals surface area contributed by atoms with Crippen LogP contribution in [0.5, 0.6) is 17.2 Å². The fourth-order valence-corrected chi connectivity index (χ4v) is 3.06. The Morgan fingerprint density at radius 3 is 2.62 bits per heavy atom. The Morgan fingerprint density at radius 2 is 1.86 bits per heavy atom. The Labute approximate surface area is 121 Å². The van der Waals surface area contributed by atoms with Crippen LogP contribution in [0.2, 0.25) is 0 Å². The van der Waals surface area contributed by atoms with Crippen LogP contribution in [0.3, 0.4) is 0 Å². The van der Waals surface area contributed by atoms with Crippen LogP contribution in [0.4, 0.5) is 0 Å². The van der Waals surface area contributed by atoms with Crippen molar-refractivity contribution in [3.63, 3.8) is 0 Å². The van der Waals surface area contributed by atoms with Crippen LogP contribution in [0, 0.1) is 0 Å². The lowest BCUT2D eigenvalue weighted by Gasteiger charge is -2.13. The van der Waals surface area contributed by atoms with Gasteiger partial charge in [0.15, 0.2) is 11.5 Å². The number of phenolic OH excluding ortho intramolecular Hbond substituents is 1.